The Morgan fingerprint density at radius 3 is 2.50 bits per heavy atom. The molecule has 0 aliphatic heterocycles. The summed E-state index contributed by atoms with van der Waals surface area (Å²) in [6.07, 6.45) is 0. The number of anilines is 1. The zero-order chi connectivity index (χ0) is 10.6. The molecule has 0 aliphatic carbocycles. The van der Waals surface area contributed by atoms with Crippen LogP contribution in [0.3, 0.4) is 0 Å². The lowest BCUT2D eigenvalue weighted by molar-refractivity contribution is 0.424. The summed E-state index contributed by atoms with van der Waals surface area (Å²) < 4.78 is 0. The molecule has 0 amide bonds. The number of rotatable bonds is 3. The third-order valence-corrected chi connectivity index (χ3v) is 2.04. The second-order valence-corrected chi connectivity index (χ2v) is 4.55. The lowest BCUT2D eigenvalue weighted by Crippen LogP contribution is -2.35. The average molecular weight is 192 g/mol. The van der Waals surface area contributed by atoms with Gasteiger partial charge in [0.2, 0.25) is 0 Å². The zero-order valence-corrected chi connectivity index (χ0v) is 9.52. The standard InChI is InChI=1S/C12H20N2/c1-12(2,3)14-9-10-6-5-7-11(8-10)13-4/h5-8,13-14H,9H2,1-4H3. The van der Waals surface area contributed by atoms with Crippen LogP contribution >= 0.6 is 0 Å². The first kappa shape index (κ1) is 11.1. The van der Waals surface area contributed by atoms with Gasteiger partial charge in [0.15, 0.2) is 0 Å². The Hall–Kier alpha value is -1.02. The minimum Gasteiger partial charge on any atom is -0.388 e. The van der Waals surface area contributed by atoms with Crippen LogP contribution in [0.25, 0.3) is 0 Å². The summed E-state index contributed by atoms with van der Waals surface area (Å²) in [6.45, 7) is 7.44. The first-order valence-corrected chi connectivity index (χ1v) is 5.03. The van der Waals surface area contributed by atoms with Gasteiger partial charge in [0.1, 0.15) is 0 Å². The van der Waals surface area contributed by atoms with Crippen molar-refractivity contribution < 1.29 is 0 Å². The van der Waals surface area contributed by atoms with Gasteiger partial charge in [-0.15, -0.1) is 0 Å². The van der Waals surface area contributed by atoms with Gasteiger partial charge in [0.05, 0.1) is 0 Å². The van der Waals surface area contributed by atoms with Crippen LogP contribution in [-0.2, 0) is 6.54 Å². The van der Waals surface area contributed by atoms with Gasteiger partial charge in [-0.25, -0.2) is 0 Å². The Bertz CT molecular complexity index is 287. The molecule has 0 saturated carbocycles. The van der Waals surface area contributed by atoms with Crippen molar-refractivity contribution in [3.63, 3.8) is 0 Å². The third-order valence-electron chi connectivity index (χ3n) is 2.04. The minimum absolute atomic E-state index is 0.176. The molecule has 78 valence electrons. The molecular weight excluding hydrogens is 172 g/mol. The first-order valence-electron chi connectivity index (χ1n) is 5.03. The second-order valence-electron chi connectivity index (χ2n) is 4.55. The van der Waals surface area contributed by atoms with Crippen molar-refractivity contribution in [2.75, 3.05) is 12.4 Å². The van der Waals surface area contributed by atoms with Crippen molar-refractivity contribution in [3.8, 4) is 0 Å². The van der Waals surface area contributed by atoms with Crippen LogP contribution in [-0.4, -0.2) is 12.6 Å². The highest BCUT2D eigenvalue weighted by molar-refractivity contribution is 5.44. The van der Waals surface area contributed by atoms with E-state index in [0.717, 1.165) is 6.54 Å². The lowest BCUT2D eigenvalue weighted by Gasteiger charge is -2.20. The molecule has 0 bridgehead atoms. The summed E-state index contributed by atoms with van der Waals surface area (Å²) in [6, 6.07) is 8.45. The molecule has 1 aromatic carbocycles. The Morgan fingerprint density at radius 1 is 1.21 bits per heavy atom. The quantitative estimate of drug-likeness (QED) is 0.769. The molecule has 1 rings (SSSR count). The molecule has 0 atom stereocenters. The van der Waals surface area contributed by atoms with Crippen molar-refractivity contribution in [2.45, 2.75) is 32.9 Å². The monoisotopic (exact) mass is 192 g/mol. The largest absolute Gasteiger partial charge is 0.388 e. The van der Waals surface area contributed by atoms with E-state index < -0.39 is 0 Å². The second kappa shape index (κ2) is 4.47. The molecule has 14 heavy (non-hydrogen) atoms. The van der Waals surface area contributed by atoms with Gasteiger partial charge in [-0.2, -0.15) is 0 Å². The summed E-state index contributed by atoms with van der Waals surface area (Å²) in [7, 11) is 1.94. The molecule has 0 spiro atoms. The number of nitrogens with one attached hydrogen (secondary N) is 2. The molecule has 0 fully saturated rings. The maximum Gasteiger partial charge on any atom is 0.0340 e. The smallest absolute Gasteiger partial charge is 0.0340 e. The summed E-state index contributed by atoms with van der Waals surface area (Å²) >= 11 is 0. The summed E-state index contributed by atoms with van der Waals surface area (Å²) in [4.78, 5) is 0. The fourth-order valence-corrected chi connectivity index (χ4v) is 1.20. The van der Waals surface area contributed by atoms with Crippen molar-refractivity contribution in [1.29, 1.82) is 0 Å². The fraction of sp³-hybridized carbons (Fsp3) is 0.500. The van der Waals surface area contributed by atoms with Crippen LogP contribution in [0.15, 0.2) is 24.3 Å². The van der Waals surface area contributed by atoms with Gasteiger partial charge < -0.3 is 10.6 Å². The minimum atomic E-state index is 0.176. The van der Waals surface area contributed by atoms with E-state index in [1.54, 1.807) is 0 Å². The van der Waals surface area contributed by atoms with Crippen LogP contribution in [0.5, 0.6) is 0 Å². The molecule has 2 N–H and O–H groups in total. The summed E-state index contributed by atoms with van der Waals surface area (Å²) in [5.41, 5.74) is 2.65. The molecule has 0 unspecified atom stereocenters. The molecule has 1 aromatic rings. The Morgan fingerprint density at radius 2 is 1.93 bits per heavy atom. The van der Waals surface area contributed by atoms with Gasteiger partial charge >= 0.3 is 0 Å². The van der Waals surface area contributed by atoms with E-state index >= 15 is 0 Å². The number of hydrogen-bond donors (Lipinski definition) is 2. The molecule has 2 heteroatoms. The van der Waals surface area contributed by atoms with E-state index in [-0.39, 0.29) is 5.54 Å². The molecule has 0 radical (unpaired) electrons. The lowest BCUT2D eigenvalue weighted by atomic mass is 10.1. The van der Waals surface area contributed by atoms with Crippen LogP contribution in [0.2, 0.25) is 0 Å². The Balaban J connectivity index is 2.59. The molecule has 0 heterocycles. The first-order chi connectivity index (χ1) is 6.51. The van der Waals surface area contributed by atoms with Crippen LogP contribution in [0, 0.1) is 0 Å². The normalized spacial score (nSPS) is 11.4. The van der Waals surface area contributed by atoms with Gasteiger partial charge in [0.25, 0.3) is 0 Å². The Labute approximate surface area is 86.7 Å². The topological polar surface area (TPSA) is 24.1 Å². The van der Waals surface area contributed by atoms with Crippen molar-refractivity contribution in [1.82, 2.24) is 5.32 Å². The molecule has 0 aromatic heterocycles. The van der Waals surface area contributed by atoms with Crippen LogP contribution in [0.1, 0.15) is 26.3 Å². The van der Waals surface area contributed by atoms with E-state index in [1.165, 1.54) is 11.3 Å². The number of benzene rings is 1. The van der Waals surface area contributed by atoms with Crippen molar-refractivity contribution >= 4 is 5.69 Å². The highest BCUT2D eigenvalue weighted by Gasteiger charge is 2.07. The highest BCUT2D eigenvalue weighted by atomic mass is 14.9. The van der Waals surface area contributed by atoms with Gasteiger partial charge in [-0.05, 0) is 38.5 Å². The van der Waals surface area contributed by atoms with E-state index in [1.807, 2.05) is 7.05 Å². The molecule has 0 saturated heterocycles. The van der Waals surface area contributed by atoms with Gasteiger partial charge in [-0.3, -0.25) is 0 Å². The zero-order valence-electron chi connectivity index (χ0n) is 9.52. The summed E-state index contributed by atoms with van der Waals surface area (Å²) in [5.74, 6) is 0. The van der Waals surface area contributed by atoms with Crippen molar-refractivity contribution in [2.24, 2.45) is 0 Å². The number of hydrogen-bond acceptors (Lipinski definition) is 2. The molecule has 0 aliphatic rings. The average Bonchev–Trinajstić information content (AvgIpc) is 2.14. The SMILES string of the molecule is CNc1cccc(CNC(C)(C)C)c1. The van der Waals surface area contributed by atoms with E-state index in [9.17, 15) is 0 Å². The maximum atomic E-state index is 3.46. The predicted molar refractivity (Wildman–Crippen MR) is 62.6 cm³/mol. The third kappa shape index (κ3) is 3.79. The Kier molecular flexibility index (Phi) is 3.53. The molecular formula is C12H20N2. The predicted octanol–water partition coefficient (Wildman–Crippen LogP) is 2.62. The fourth-order valence-electron chi connectivity index (χ4n) is 1.20. The molecule has 2 nitrogen and oxygen atoms in total. The van der Waals surface area contributed by atoms with Gasteiger partial charge in [0, 0.05) is 24.8 Å². The van der Waals surface area contributed by atoms with Crippen molar-refractivity contribution in [3.05, 3.63) is 29.8 Å². The van der Waals surface area contributed by atoms with Gasteiger partial charge in [-0.1, -0.05) is 12.1 Å². The van der Waals surface area contributed by atoms with E-state index in [4.69, 9.17) is 0 Å². The van der Waals surface area contributed by atoms with Crippen LogP contribution in [0.4, 0.5) is 5.69 Å². The maximum absolute atomic E-state index is 3.46. The highest BCUT2D eigenvalue weighted by Crippen LogP contribution is 2.10. The summed E-state index contributed by atoms with van der Waals surface area (Å²) in [5, 5.41) is 6.60. The van der Waals surface area contributed by atoms with E-state index in [2.05, 4.69) is 55.7 Å². The van der Waals surface area contributed by atoms with E-state index in [0.29, 0.717) is 0 Å². The van der Waals surface area contributed by atoms with Crippen LogP contribution < -0.4 is 10.6 Å².